The Morgan fingerprint density at radius 3 is 1.76 bits per heavy atom. The highest BCUT2D eigenvalue weighted by Gasteiger charge is 2.21. The summed E-state index contributed by atoms with van der Waals surface area (Å²) in [6, 6.07) is 2.14. The van der Waals surface area contributed by atoms with Gasteiger partial charge in [0.05, 0.1) is 33.8 Å². The number of rotatable bonds is 4. The van der Waals surface area contributed by atoms with Crippen LogP contribution in [-0.2, 0) is 6.42 Å². The molecule has 0 saturated heterocycles. The van der Waals surface area contributed by atoms with Crippen LogP contribution in [0.4, 0.5) is 0 Å². The first-order valence-electron chi connectivity index (χ1n) is 5.27. The van der Waals surface area contributed by atoms with Crippen molar-refractivity contribution < 1.29 is 14.2 Å². The zero-order chi connectivity index (χ0) is 13.0. The molecule has 0 aliphatic heterocycles. The second kappa shape index (κ2) is 5.44. The summed E-state index contributed by atoms with van der Waals surface area (Å²) in [5, 5.41) is 8.87. The Kier molecular flexibility index (Phi) is 4.22. The van der Waals surface area contributed by atoms with E-state index >= 15 is 0 Å². The van der Waals surface area contributed by atoms with Crippen molar-refractivity contribution in [3.05, 3.63) is 16.7 Å². The lowest BCUT2D eigenvalue weighted by molar-refractivity contribution is 0.342. The summed E-state index contributed by atoms with van der Waals surface area (Å²) < 4.78 is 16.0. The van der Waals surface area contributed by atoms with Crippen molar-refractivity contribution in [3.63, 3.8) is 0 Å². The lowest BCUT2D eigenvalue weighted by atomic mass is 9.99. The third-order valence-electron chi connectivity index (χ3n) is 2.82. The zero-order valence-electron chi connectivity index (χ0n) is 10.9. The summed E-state index contributed by atoms with van der Waals surface area (Å²) in [5.41, 5.74) is 2.58. The van der Waals surface area contributed by atoms with Gasteiger partial charge >= 0.3 is 0 Å². The number of benzene rings is 1. The maximum atomic E-state index is 8.87. The van der Waals surface area contributed by atoms with Crippen molar-refractivity contribution in [3.8, 4) is 23.3 Å². The van der Waals surface area contributed by atoms with Gasteiger partial charge in [-0.05, 0) is 13.8 Å². The third-order valence-corrected chi connectivity index (χ3v) is 2.82. The molecule has 0 heterocycles. The van der Waals surface area contributed by atoms with Gasteiger partial charge in [0, 0.05) is 16.7 Å². The normalized spacial score (nSPS) is 9.65. The Hall–Kier alpha value is -1.89. The maximum Gasteiger partial charge on any atom is 0.167 e. The lowest BCUT2D eigenvalue weighted by Gasteiger charge is -2.19. The summed E-state index contributed by atoms with van der Waals surface area (Å²) in [6.45, 7) is 3.79. The van der Waals surface area contributed by atoms with Crippen LogP contribution in [0.3, 0.4) is 0 Å². The Morgan fingerprint density at radius 2 is 1.35 bits per heavy atom. The molecule has 92 valence electrons. The molecule has 1 rings (SSSR count). The first-order chi connectivity index (χ1) is 8.12. The standard InChI is InChI=1S/C13H17NO3/c1-8-10(6-7-14)11(15-3)9(2)13(17-5)12(8)16-4/h6H2,1-5H3. The van der Waals surface area contributed by atoms with Crippen LogP contribution in [0.5, 0.6) is 17.2 Å². The molecule has 0 fully saturated rings. The predicted octanol–water partition coefficient (Wildman–Crippen LogP) is 2.40. The van der Waals surface area contributed by atoms with Crippen LogP contribution in [0.1, 0.15) is 16.7 Å². The molecule has 0 aliphatic rings. The molecule has 4 nitrogen and oxygen atoms in total. The predicted molar refractivity (Wildman–Crippen MR) is 64.9 cm³/mol. The highest BCUT2D eigenvalue weighted by atomic mass is 16.5. The fourth-order valence-electron chi connectivity index (χ4n) is 2.04. The molecular formula is C13H17NO3. The largest absolute Gasteiger partial charge is 0.496 e. The van der Waals surface area contributed by atoms with E-state index in [1.165, 1.54) is 0 Å². The minimum Gasteiger partial charge on any atom is -0.496 e. The zero-order valence-corrected chi connectivity index (χ0v) is 10.9. The van der Waals surface area contributed by atoms with Crippen LogP contribution < -0.4 is 14.2 Å². The van der Waals surface area contributed by atoms with Crippen molar-refractivity contribution in [2.75, 3.05) is 21.3 Å². The first-order valence-corrected chi connectivity index (χ1v) is 5.27. The van der Waals surface area contributed by atoms with Gasteiger partial charge in [-0.15, -0.1) is 0 Å². The van der Waals surface area contributed by atoms with Crippen LogP contribution in [0.15, 0.2) is 0 Å². The molecule has 0 radical (unpaired) electrons. The summed E-state index contributed by atoms with van der Waals surface area (Å²) >= 11 is 0. The molecule has 17 heavy (non-hydrogen) atoms. The van der Waals surface area contributed by atoms with Gasteiger partial charge in [0.15, 0.2) is 11.5 Å². The highest BCUT2D eigenvalue weighted by molar-refractivity contribution is 5.62. The van der Waals surface area contributed by atoms with E-state index in [0.717, 1.165) is 16.7 Å². The van der Waals surface area contributed by atoms with Gasteiger partial charge in [0.2, 0.25) is 0 Å². The molecular weight excluding hydrogens is 218 g/mol. The van der Waals surface area contributed by atoms with Gasteiger partial charge in [-0.25, -0.2) is 0 Å². The smallest absolute Gasteiger partial charge is 0.167 e. The number of hydrogen-bond acceptors (Lipinski definition) is 4. The molecule has 0 aliphatic carbocycles. The van der Waals surface area contributed by atoms with Crippen LogP contribution in [-0.4, -0.2) is 21.3 Å². The molecule has 0 atom stereocenters. The fraction of sp³-hybridized carbons (Fsp3) is 0.462. The number of hydrogen-bond donors (Lipinski definition) is 0. The molecule has 0 spiro atoms. The summed E-state index contributed by atoms with van der Waals surface area (Å²) in [4.78, 5) is 0. The van der Waals surface area contributed by atoms with Crippen LogP contribution in [0, 0.1) is 25.2 Å². The average Bonchev–Trinajstić information content (AvgIpc) is 2.33. The van der Waals surface area contributed by atoms with E-state index in [4.69, 9.17) is 19.5 Å². The minimum atomic E-state index is 0.288. The van der Waals surface area contributed by atoms with Crippen molar-refractivity contribution >= 4 is 0 Å². The molecule has 0 unspecified atom stereocenters. The maximum absolute atomic E-state index is 8.87. The van der Waals surface area contributed by atoms with Gasteiger partial charge in [-0.2, -0.15) is 5.26 Å². The van der Waals surface area contributed by atoms with Crippen LogP contribution in [0.25, 0.3) is 0 Å². The van der Waals surface area contributed by atoms with Gasteiger partial charge in [-0.3, -0.25) is 0 Å². The monoisotopic (exact) mass is 235 g/mol. The number of ether oxygens (including phenoxy) is 3. The van der Waals surface area contributed by atoms with Crippen molar-refractivity contribution in [2.24, 2.45) is 0 Å². The van der Waals surface area contributed by atoms with E-state index < -0.39 is 0 Å². The van der Waals surface area contributed by atoms with E-state index in [2.05, 4.69) is 6.07 Å². The summed E-state index contributed by atoms with van der Waals surface area (Å²) in [6.07, 6.45) is 0.288. The Labute approximate surface area is 102 Å². The van der Waals surface area contributed by atoms with Crippen LogP contribution >= 0.6 is 0 Å². The van der Waals surface area contributed by atoms with E-state index in [0.29, 0.717) is 17.2 Å². The molecule has 0 saturated carbocycles. The number of nitriles is 1. The third kappa shape index (κ3) is 2.14. The Morgan fingerprint density at radius 1 is 0.882 bits per heavy atom. The SMILES string of the molecule is COc1c(C)c(OC)c(OC)c(C)c1CC#N. The van der Waals surface area contributed by atoms with Gasteiger partial charge in [0.25, 0.3) is 0 Å². The highest BCUT2D eigenvalue weighted by Crippen LogP contribution is 2.43. The van der Waals surface area contributed by atoms with E-state index in [1.807, 2.05) is 13.8 Å². The number of nitrogens with zero attached hydrogens (tertiary/aromatic N) is 1. The quantitative estimate of drug-likeness (QED) is 0.804. The molecule has 0 N–H and O–H groups in total. The van der Waals surface area contributed by atoms with Gasteiger partial charge < -0.3 is 14.2 Å². The van der Waals surface area contributed by atoms with E-state index in [-0.39, 0.29) is 6.42 Å². The molecule has 4 heteroatoms. The summed E-state index contributed by atoms with van der Waals surface area (Å²) in [7, 11) is 4.77. The number of methoxy groups -OCH3 is 3. The second-order valence-electron chi connectivity index (χ2n) is 3.66. The van der Waals surface area contributed by atoms with Gasteiger partial charge in [0.1, 0.15) is 5.75 Å². The molecule has 0 amide bonds. The first kappa shape index (κ1) is 13.2. The Bertz CT molecular complexity index is 461. The topological polar surface area (TPSA) is 51.5 Å². The second-order valence-corrected chi connectivity index (χ2v) is 3.66. The van der Waals surface area contributed by atoms with Crippen LogP contribution in [0.2, 0.25) is 0 Å². The molecule has 0 aromatic heterocycles. The van der Waals surface area contributed by atoms with Crippen molar-refractivity contribution in [1.29, 1.82) is 5.26 Å². The Balaban J connectivity index is 3.62. The molecule has 0 bridgehead atoms. The van der Waals surface area contributed by atoms with Crippen molar-refractivity contribution in [1.82, 2.24) is 0 Å². The average molecular weight is 235 g/mol. The lowest BCUT2D eigenvalue weighted by Crippen LogP contribution is -2.03. The minimum absolute atomic E-state index is 0.288. The van der Waals surface area contributed by atoms with E-state index in [9.17, 15) is 0 Å². The van der Waals surface area contributed by atoms with E-state index in [1.54, 1.807) is 21.3 Å². The molecule has 1 aromatic carbocycles. The molecule has 1 aromatic rings. The van der Waals surface area contributed by atoms with Gasteiger partial charge in [-0.1, -0.05) is 0 Å². The fourth-order valence-corrected chi connectivity index (χ4v) is 2.04. The summed E-state index contributed by atoms with van der Waals surface area (Å²) in [5.74, 6) is 2.02. The van der Waals surface area contributed by atoms with Crippen molar-refractivity contribution in [2.45, 2.75) is 20.3 Å².